The van der Waals surface area contributed by atoms with Gasteiger partial charge in [-0.3, -0.25) is 0 Å². The zero-order chi connectivity index (χ0) is 14.4. The molecule has 1 saturated heterocycles. The lowest BCUT2D eigenvalue weighted by Gasteiger charge is -2.26. The molecule has 1 aliphatic heterocycles. The fourth-order valence-electron chi connectivity index (χ4n) is 3.15. The molecule has 0 spiro atoms. The normalized spacial score (nSPS) is 20.1. The van der Waals surface area contributed by atoms with Gasteiger partial charge in [0.05, 0.1) is 0 Å². The molecule has 1 heterocycles. The average Bonchev–Trinajstić information content (AvgIpc) is 2.77. The lowest BCUT2D eigenvalue weighted by Crippen LogP contribution is -2.36. The molecule has 0 aromatic carbocycles. The first-order valence-corrected chi connectivity index (χ1v) is 8.38. The van der Waals surface area contributed by atoms with E-state index in [1.54, 1.807) is 0 Å². The molecule has 0 aliphatic carbocycles. The van der Waals surface area contributed by atoms with Crippen LogP contribution < -0.4 is 5.32 Å². The van der Waals surface area contributed by atoms with E-state index in [9.17, 15) is 0 Å². The summed E-state index contributed by atoms with van der Waals surface area (Å²) in [5, 5.41) is 3.57. The van der Waals surface area contributed by atoms with Crippen molar-refractivity contribution in [2.75, 3.05) is 26.2 Å². The topological polar surface area (TPSA) is 15.3 Å². The van der Waals surface area contributed by atoms with Crippen molar-refractivity contribution < 1.29 is 0 Å². The fourth-order valence-corrected chi connectivity index (χ4v) is 3.15. The van der Waals surface area contributed by atoms with E-state index in [1.807, 2.05) is 0 Å². The molecule has 2 heteroatoms. The highest BCUT2D eigenvalue weighted by atomic mass is 15.2. The predicted octanol–water partition coefficient (Wildman–Crippen LogP) is 4.06. The summed E-state index contributed by atoms with van der Waals surface area (Å²) in [5.41, 5.74) is 0.921. The number of likely N-dealkylation sites (tertiary alicyclic amines) is 1. The minimum absolute atomic E-state index is 0.275. The van der Waals surface area contributed by atoms with Gasteiger partial charge in [0.25, 0.3) is 0 Å². The largest absolute Gasteiger partial charge is 0.312 e. The number of hydrogen-bond acceptors (Lipinski definition) is 2. The Morgan fingerprint density at radius 3 is 2.26 bits per heavy atom. The van der Waals surface area contributed by atoms with Crippen LogP contribution in [-0.4, -0.2) is 36.6 Å². The summed E-state index contributed by atoms with van der Waals surface area (Å²) in [4.78, 5) is 2.70. The highest BCUT2D eigenvalue weighted by molar-refractivity contribution is 4.87. The van der Waals surface area contributed by atoms with E-state index in [1.165, 1.54) is 58.2 Å². The van der Waals surface area contributed by atoms with Crippen molar-refractivity contribution >= 4 is 0 Å². The van der Waals surface area contributed by atoms with Crippen molar-refractivity contribution in [3.05, 3.63) is 0 Å². The summed E-state index contributed by atoms with van der Waals surface area (Å²) in [7, 11) is 0. The van der Waals surface area contributed by atoms with Crippen molar-refractivity contribution in [2.24, 2.45) is 5.41 Å². The number of nitrogens with zero attached hydrogens (tertiary/aromatic N) is 1. The predicted molar refractivity (Wildman–Crippen MR) is 85.7 cm³/mol. The van der Waals surface area contributed by atoms with Crippen LogP contribution >= 0.6 is 0 Å². The molecule has 19 heavy (non-hydrogen) atoms. The third-order valence-electron chi connectivity index (χ3n) is 4.82. The van der Waals surface area contributed by atoms with Crippen molar-refractivity contribution in [3.8, 4) is 0 Å². The van der Waals surface area contributed by atoms with Gasteiger partial charge in [-0.25, -0.2) is 0 Å². The van der Waals surface area contributed by atoms with Crippen molar-refractivity contribution in [3.63, 3.8) is 0 Å². The maximum atomic E-state index is 3.57. The van der Waals surface area contributed by atoms with E-state index in [4.69, 9.17) is 0 Å². The summed E-state index contributed by atoms with van der Waals surface area (Å²) in [5.74, 6) is 0. The summed E-state index contributed by atoms with van der Waals surface area (Å²) >= 11 is 0. The SMILES string of the molecule is CCC1(CC)CCN(CCCCCNC(C)(C)C)C1. The van der Waals surface area contributed by atoms with Crippen LogP contribution in [0.5, 0.6) is 0 Å². The molecule has 1 aliphatic rings. The van der Waals surface area contributed by atoms with Crippen LogP contribution in [0.4, 0.5) is 0 Å². The lowest BCUT2D eigenvalue weighted by atomic mass is 9.82. The number of hydrogen-bond donors (Lipinski definition) is 1. The standard InChI is InChI=1S/C17H36N2/c1-6-17(7-2)11-14-19(15-17)13-10-8-9-12-18-16(3,4)5/h18H,6-15H2,1-5H3. The minimum atomic E-state index is 0.275. The molecule has 0 aromatic rings. The van der Waals surface area contributed by atoms with Gasteiger partial charge in [0.1, 0.15) is 0 Å². The van der Waals surface area contributed by atoms with E-state index in [0.717, 1.165) is 6.54 Å². The van der Waals surface area contributed by atoms with Crippen LogP contribution in [0.3, 0.4) is 0 Å². The van der Waals surface area contributed by atoms with E-state index < -0.39 is 0 Å². The van der Waals surface area contributed by atoms with Gasteiger partial charge < -0.3 is 10.2 Å². The van der Waals surface area contributed by atoms with Gasteiger partial charge in [0.2, 0.25) is 0 Å². The van der Waals surface area contributed by atoms with E-state index in [2.05, 4.69) is 44.8 Å². The lowest BCUT2D eigenvalue weighted by molar-refractivity contribution is 0.237. The zero-order valence-electron chi connectivity index (χ0n) is 14.0. The van der Waals surface area contributed by atoms with Crippen LogP contribution in [-0.2, 0) is 0 Å². The summed E-state index contributed by atoms with van der Waals surface area (Å²) in [6.45, 7) is 16.6. The Labute approximate surface area is 121 Å². The van der Waals surface area contributed by atoms with Crippen LogP contribution in [0.25, 0.3) is 0 Å². The van der Waals surface area contributed by atoms with Crippen LogP contribution in [0, 0.1) is 5.41 Å². The van der Waals surface area contributed by atoms with Crippen LogP contribution in [0.1, 0.15) is 73.1 Å². The third-order valence-corrected chi connectivity index (χ3v) is 4.82. The molecule has 2 nitrogen and oxygen atoms in total. The first kappa shape index (κ1) is 17.0. The molecule has 0 unspecified atom stereocenters. The maximum absolute atomic E-state index is 3.57. The van der Waals surface area contributed by atoms with Gasteiger partial charge in [0, 0.05) is 12.1 Å². The Morgan fingerprint density at radius 2 is 1.74 bits per heavy atom. The third kappa shape index (κ3) is 6.27. The first-order valence-electron chi connectivity index (χ1n) is 8.38. The summed E-state index contributed by atoms with van der Waals surface area (Å²) < 4.78 is 0. The van der Waals surface area contributed by atoms with Gasteiger partial charge in [-0.2, -0.15) is 0 Å². The number of rotatable bonds is 8. The molecular formula is C17H36N2. The van der Waals surface area contributed by atoms with Gasteiger partial charge in [-0.1, -0.05) is 20.3 Å². The Morgan fingerprint density at radius 1 is 1.05 bits per heavy atom. The molecule has 0 amide bonds. The second-order valence-corrected chi connectivity index (χ2v) is 7.47. The molecule has 0 saturated carbocycles. The number of unbranched alkanes of at least 4 members (excludes halogenated alkanes) is 2. The average molecular weight is 268 g/mol. The maximum Gasteiger partial charge on any atom is 0.00965 e. The summed E-state index contributed by atoms with van der Waals surface area (Å²) in [6.07, 6.45) is 8.19. The molecule has 1 N–H and O–H groups in total. The van der Waals surface area contributed by atoms with Crippen molar-refractivity contribution in [1.29, 1.82) is 0 Å². The summed E-state index contributed by atoms with van der Waals surface area (Å²) in [6, 6.07) is 0. The second kappa shape index (κ2) is 7.64. The van der Waals surface area contributed by atoms with E-state index in [-0.39, 0.29) is 5.54 Å². The Balaban J connectivity index is 2.05. The Bertz CT molecular complexity index is 238. The highest BCUT2D eigenvalue weighted by Crippen LogP contribution is 2.36. The minimum Gasteiger partial charge on any atom is -0.312 e. The molecule has 114 valence electrons. The Kier molecular flexibility index (Phi) is 6.82. The monoisotopic (exact) mass is 268 g/mol. The second-order valence-electron chi connectivity index (χ2n) is 7.47. The van der Waals surface area contributed by atoms with Crippen LogP contribution in [0.2, 0.25) is 0 Å². The molecule has 1 fully saturated rings. The van der Waals surface area contributed by atoms with Crippen LogP contribution in [0.15, 0.2) is 0 Å². The van der Waals surface area contributed by atoms with Gasteiger partial charge in [0.15, 0.2) is 0 Å². The van der Waals surface area contributed by atoms with E-state index in [0.29, 0.717) is 5.41 Å². The molecule has 0 radical (unpaired) electrons. The molecule has 0 aromatic heterocycles. The molecule has 1 rings (SSSR count). The van der Waals surface area contributed by atoms with Gasteiger partial charge >= 0.3 is 0 Å². The fraction of sp³-hybridized carbons (Fsp3) is 1.00. The highest BCUT2D eigenvalue weighted by Gasteiger charge is 2.34. The smallest absolute Gasteiger partial charge is 0.00965 e. The van der Waals surface area contributed by atoms with Gasteiger partial charge in [-0.05, 0) is 77.9 Å². The van der Waals surface area contributed by atoms with E-state index >= 15 is 0 Å². The Hall–Kier alpha value is -0.0800. The van der Waals surface area contributed by atoms with Gasteiger partial charge in [-0.15, -0.1) is 0 Å². The quantitative estimate of drug-likeness (QED) is 0.668. The number of nitrogens with one attached hydrogen (secondary N) is 1. The van der Waals surface area contributed by atoms with Crippen molar-refractivity contribution in [1.82, 2.24) is 10.2 Å². The zero-order valence-corrected chi connectivity index (χ0v) is 14.0. The molecule has 0 bridgehead atoms. The molecule has 0 atom stereocenters. The first-order chi connectivity index (χ1) is 8.91. The van der Waals surface area contributed by atoms with Crippen molar-refractivity contribution in [2.45, 2.75) is 78.7 Å². The molecular weight excluding hydrogens is 232 g/mol.